The molecule has 1 amide bonds. The minimum atomic E-state index is -4.82. The summed E-state index contributed by atoms with van der Waals surface area (Å²) in [5.74, 6) is -0.970. The molecule has 1 aliphatic carbocycles. The Balaban J connectivity index is 1.70. The molecule has 15 heteroatoms. The van der Waals surface area contributed by atoms with Crippen LogP contribution in [0.2, 0.25) is 0 Å². The van der Waals surface area contributed by atoms with Gasteiger partial charge in [0.2, 0.25) is 5.95 Å². The highest BCUT2D eigenvalue weighted by Crippen LogP contribution is 2.41. The van der Waals surface area contributed by atoms with Gasteiger partial charge in [0, 0.05) is 20.3 Å². The number of alkyl halides is 3. The summed E-state index contributed by atoms with van der Waals surface area (Å²) in [5.41, 5.74) is 0.518. The van der Waals surface area contributed by atoms with Crippen molar-refractivity contribution in [1.29, 1.82) is 0 Å². The molecule has 0 unspecified atom stereocenters. The largest absolute Gasteiger partial charge is 0.495 e. The van der Waals surface area contributed by atoms with Gasteiger partial charge in [-0.2, -0.15) is 18.2 Å². The van der Waals surface area contributed by atoms with Crippen molar-refractivity contribution < 1.29 is 42.2 Å². The Labute approximate surface area is 246 Å². The number of amides is 1. The lowest BCUT2D eigenvalue weighted by atomic mass is 9.82. The van der Waals surface area contributed by atoms with E-state index in [9.17, 15) is 37.4 Å². The number of aromatic nitrogens is 2. The first-order valence-electron chi connectivity index (χ1n) is 13.4. The lowest BCUT2D eigenvalue weighted by molar-refractivity contribution is -0.137. The van der Waals surface area contributed by atoms with Crippen LogP contribution in [0.5, 0.6) is 5.75 Å². The second kappa shape index (κ2) is 12.9. The number of hydrogen-bond donors (Lipinski definition) is 5. The predicted octanol–water partition coefficient (Wildman–Crippen LogP) is 5.39. The molecule has 1 fully saturated rings. The highest BCUT2D eigenvalue weighted by Gasteiger charge is 2.36. The van der Waals surface area contributed by atoms with Gasteiger partial charge in [0.05, 0.1) is 36.3 Å². The van der Waals surface area contributed by atoms with Crippen LogP contribution in [0.25, 0.3) is 0 Å². The first kappa shape index (κ1) is 32.2. The van der Waals surface area contributed by atoms with Gasteiger partial charge >= 0.3 is 13.8 Å². The zero-order valence-electron chi connectivity index (χ0n) is 23.7. The number of halogens is 3. The minimum absolute atomic E-state index is 0.106. The van der Waals surface area contributed by atoms with Crippen molar-refractivity contribution in [3.8, 4) is 5.75 Å². The van der Waals surface area contributed by atoms with Crippen molar-refractivity contribution in [3.05, 3.63) is 64.8 Å². The summed E-state index contributed by atoms with van der Waals surface area (Å²) in [7, 11) is 0.0666. The van der Waals surface area contributed by atoms with Crippen molar-refractivity contribution in [3.63, 3.8) is 0 Å². The smallest absolute Gasteiger partial charge is 0.421 e. The molecule has 0 spiro atoms. The van der Waals surface area contributed by atoms with Crippen LogP contribution in [0, 0.1) is 0 Å². The highest BCUT2D eigenvalue weighted by atomic mass is 31.2. The van der Waals surface area contributed by atoms with Gasteiger partial charge in [0.1, 0.15) is 17.1 Å². The van der Waals surface area contributed by atoms with E-state index in [1.807, 2.05) is 0 Å². The Morgan fingerprint density at radius 3 is 2.35 bits per heavy atom. The van der Waals surface area contributed by atoms with Crippen LogP contribution in [-0.4, -0.2) is 63.0 Å². The van der Waals surface area contributed by atoms with Crippen LogP contribution < -0.4 is 15.4 Å². The maximum atomic E-state index is 14.0. The molecule has 5 N–H and O–H groups in total. The van der Waals surface area contributed by atoms with Gasteiger partial charge in [0.25, 0.3) is 5.91 Å². The zero-order chi connectivity index (χ0) is 31.5. The van der Waals surface area contributed by atoms with Crippen molar-refractivity contribution in [2.45, 2.75) is 50.0 Å². The first-order valence-corrected chi connectivity index (χ1v) is 15.2. The predicted molar refractivity (Wildman–Crippen MR) is 154 cm³/mol. The Morgan fingerprint density at radius 2 is 1.74 bits per heavy atom. The number of ether oxygens (including phenoxy) is 1. The van der Waals surface area contributed by atoms with Gasteiger partial charge in [-0.05, 0) is 67.0 Å². The molecule has 2 aromatic carbocycles. The summed E-state index contributed by atoms with van der Waals surface area (Å²) in [6.07, 6.45) is -2.38. The number of nitrogens with one attached hydrogen (secondary N) is 2. The van der Waals surface area contributed by atoms with Crippen LogP contribution in [0.15, 0.2) is 42.6 Å². The number of anilines is 4. The van der Waals surface area contributed by atoms with Gasteiger partial charge in [-0.3, -0.25) is 9.36 Å². The van der Waals surface area contributed by atoms with Crippen LogP contribution in [0.4, 0.5) is 36.3 Å². The average Bonchev–Trinajstić information content (AvgIpc) is 2.92. The number of benzene rings is 2. The van der Waals surface area contributed by atoms with Crippen LogP contribution >= 0.6 is 7.60 Å². The number of aliphatic hydroxyl groups excluding tert-OH is 1. The number of aliphatic hydroxyl groups is 1. The number of hydrogen-bond acceptors (Lipinski definition) is 8. The van der Waals surface area contributed by atoms with E-state index in [0.29, 0.717) is 19.0 Å². The van der Waals surface area contributed by atoms with E-state index in [0.717, 1.165) is 18.4 Å². The van der Waals surface area contributed by atoms with E-state index in [1.54, 1.807) is 32.3 Å². The molecule has 1 saturated carbocycles. The normalized spacial score (nSPS) is 17.3. The molecular formula is C28H33F3N5O6P. The maximum absolute atomic E-state index is 14.0. The Morgan fingerprint density at radius 1 is 1.07 bits per heavy atom. The maximum Gasteiger partial charge on any atom is 0.421 e. The highest BCUT2D eigenvalue weighted by molar-refractivity contribution is 7.50. The third-order valence-electron chi connectivity index (χ3n) is 7.10. The lowest BCUT2D eigenvalue weighted by Crippen LogP contribution is -2.24. The van der Waals surface area contributed by atoms with E-state index in [1.165, 1.54) is 30.2 Å². The molecular weight excluding hydrogens is 590 g/mol. The second-order valence-corrected chi connectivity index (χ2v) is 12.2. The SMILES string of the molecule is COc1cc(CP(=O)(O)O)ccc1Nc1ncc(C(F)(F)F)c(Nc2ccc(C3CCC(O)CC3)cc2C(=O)N(C)C)n1. The zero-order valence-corrected chi connectivity index (χ0v) is 24.6. The quantitative estimate of drug-likeness (QED) is 0.196. The Hall–Kier alpha value is -3.71. The summed E-state index contributed by atoms with van der Waals surface area (Å²) in [5, 5.41) is 15.4. The fourth-order valence-electron chi connectivity index (χ4n) is 4.92. The van der Waals surface area contributed by atoms with Crippen molar-refractivity contribution in [2.24, 2.45) is 0 Å². The molecule has 1 heterocycles. The van der Waals surface area contributed by atoms with E-state index >= 15 is 0 Å². The number of methoxy groups -OCH3 is 1. The third-order valence-corrected chi connectivity index (χ3v) is 7.87. The molecule has 0 atom stereocenters. The van der Waals surface area contributed by atoms with E-state index < -0.39 is 37.2 Å². The summed E-state index contributed by atoms with van der Waals surface area (Å²) >= 11 is 0. The van der Waals surface area contributed by atoms with Crippen molar-refractivity contribution in [2.75, 3.05) is 31.8 Å². The standard InChI is InChI=1S/C28H33F3N5O6P/c1-36(2)26(38)20-13-18(17-5-8-19(37)9-6-17)7-11-22(20)33-25-21(28(29,30)31)14-32-27(35-25)34-23-10-4-16(12-24(23)42-3)15-43(39,40)41/h4,7,10-14,17,19,37H,5-6,8-9,15H2,1-3H3,(H2,39,40,41)(H2,32,33,34,35). The Bertz CT molecular complexity index is 1520. The summed E-state index contributed by atoms with van der Waals surface area (Å²) in [6.45, 7) is 0. The van der Waals surface area contributed by atoms with E-state index in [2.05, 4.69) is 20.6 Å². The fourth-order valence-corrected chi connectivity index (χ4v) is 5.59. The number of nitrogens with zero attached hydrogens (tertiary/aromatic N) is 3. The summed E-state index contributed by atoms with van der Waals surface area (Å²) in [6, 6.07) is 9.24. The molecule has 0 aliphatic heterocycles. The van der Waals surface area contributed by atoms with Crippen LogP contribution in [0.3, 0.4) is 0 Å². The molecule has 4 rings (SSSR count). The van der Waals surface area contributed by atoms with Gasteiger partial charge in [-0.1, -0.05) is 12.1 Å². The first-order chi connectivity index (χ1) is 20.1. The van der Waals surface area contributed by atoms with Crippen LogP contribution in [0.1, 0.15) is 58.6 Å². The van der Waals surface area contributed by atoms with Crippen LogP contribution in [-0.2, 0) is 16.9 Å². The van der Waals surface area contributed by atoms with Gasteiger partial charge < -0.3 is 35.2 Å². The average molecular weight is 624 g/mol. The molecule has 1 aromatic heterocycles. The second-order valence-electron chi connectivity index (χ2n) is 10.6. The van der Waals surface area contributed by atoms with Crippen molar-refractivity contribution in [1.82, 2.24) is 14.9 Å². The van der Waals surface area contributed by atoms with Gasteiger partial charge in [-0.15, -0.1) is 0 Å². The van der Waals surface area contributed by atoms with E-state index in [4.69, 9.17) is 4.74 Å². The summed E-state index contributed by atoms with van der Waals surface area (Å²) in [4.78, 5) is 40.9. The lowest BCUT2D eigenvalue weighted by Gasteiger charge is -2.27. The molecule has 232 valence electrons. The molecule has 11 nitrogen and oxygen atoms in total. The Kier molecular flexibility index (Phi) is 9.65. The topological polar surface area (TPSA) is 157 Å². The molecule has 1 aliphatic rings. The molecule has 0 saturated heterocycles. The molecule has 0 bridgehead atoms. The van der Waals surface area contributed by atoms with Gasteiger partial charge in [0.15, 0.2) is 0 Å². The summed E-state index contributed by atoms with van der Waals surface area (Å²) < 4.78 is 58.7. The molecule has 0 radical (unpaired) electrons. The molecule has 3 aromatic rings. The molecule has 43 heavy (non-hydrogen) atoms. The fraction of sp³-hybridized carbons (Fsp3) is 0.393. The van der Waals surface area contributed by atoms with Crippen molar-refractivity contribution >= 4 is 36.6 Å². The third kappa shape index (κ3) is 8.23. The monoisotopic (exact) mass is 623 g/mol. The minimum Gasteiger partial charge on any atom is -0.495 e. The number of carbonyl (C=O) groups is 1. The number of carbonyl (C=O) groups excluding carboxylic acids is 1. The van der Waals surface area contributed by atoms with E-state index in [-0.39, 0.29) is 46.2 Å². The number of rotatable bonds is 9. The van der Waals surface area contributed by atoms with Gasteiger partial charge in [-0.25, -0.2) is 4.98 Å².